The zero-order chi connectivity index (χ0) is 20.3. The highest BCUT2D eigenvalue weighted by Crippen LogP contribution is 2.42. The van der Waals surface area contributed by atoms with Crippen molar-refractivity contribution in [1.29, 1.82) is 0 Å². The van der Waals surface area contributed by atoms with Crippen molar-refractivity contribution in [1.82, 2.24) is 25.1 Å². The first kappa shape index (κ1) is 20.3. The molecule has 4 rings (SSSR count). The molecule has 0 unspecified atom stereocenters. The number of benzene rings is 1. The van der Waals surface area contributed by atoms with Gasteiger partial charge in [0.1, 0.15) is 6.33 Å². The molecule has 1 aromatic carbocycles. The summed E-state index contributed by atoms with van der Waals surface area (Å²) in [5.41, 5.74) is -0.0956. The van der Waals surface area contributed by atoms with Crippen LogP contribution in [0.25, 0.3) is 0 Å². The predicted molar refractivity (Wildman–Crippen MR) is 109 cm³/mol. The number of carbonyl (C=O) groups is 1. The molecule has 1 aliphatic heterocycles. The highest BCUT2D eigenvalue weighted by Gasteiger charge is 2.39. The van der Waals surface area contributed by atoms with Crippen LogP contribution < -0.4 is 0 Å². The summed E-state index contributed by atoms with van der Waals surface area (Å²) < 4.78 is 1.76. The fourth-order valence-corrected chi connectivity index (χ4v) is 5.02. The van der Waals surface area contributed by atoms with Gasteiger partial charge < -0.3 is 10.0 Å². The Labute approximate surface area is 176 Å². The Morgan fingerprint density at radius 1 is 1.07 bits per heavy atom. The van der Waals surface area contributed by atoms with Crippen LogP contribution in [0.5, 0.6) is 0 Å². The Morgan fingerprint density at radius 3 is 2.38 bits per heavy atom. The topological polar surface area (TPSA) is 84.1 Å². The summed E-state index contributed by atoms with van der Waals surface area (Å²) >= 11 is 5.97. The van der Waals surface area contributed by atoms with Gasteiger partial charge >= 0.3 is 0 Å². The van der Waals surface area contributed by atoms with Crippen LogP contribution in [0.4, 0.5) is 0 Å². The zero-order valence-electron chi connectivity index (χ0n) is 16.6. The van der Waals surface area contributed by atoms with Gasteiger partial charge in [-0.1, -0.05) is 43.0 Å². The fraction of sp³-hybridized carbons (Fsp3) is 0.619. The van der Waals surface area contributed by atoms with Gasteiger partial charge in [0.2, 0.25) is 5.91 Å². The Balaban J connectivity index is 1.40. The fourth-order valence-electron chi connectivity index (χ4n) is 4.90. The lowest BCUT2D eigenvalue weighted by molar-refractivity contribution is -0.139. The van der Waals surface area contributed by atoms with E-state index in [-0.39, 0.29) is 11.3 Å². The third-order valence-corrected chi connectivity index (χ3v) is 6.91. The molecule has 1 aliphatic carbocycles. The molecule has 1 aromatic heterocycles. The third kappa shape index (κ3) is 4.61. The van der Waals surface area contributed by atoms with Crippen molar-refractivity contribution in [2.45, 2.75) is 63.5 Å². The summed E-state index contributed by atoms with van der Waals surface area (Å²) in [6.45, 7) is 1.83. The number of hydrogen-bond donors (Lipinski definition) is 1. The molecule has 156 valence electrons. The summed E-state index contributed by atoms with van der Waals surface area (Å²) in [7, 11) is 0. The SMILES string of the molecule is O=C(CC1(Cn2cnnn2)CCCCC1)N1CCC(O)(c2ccc(Cl)cc2)CC1. The predicted octanol–water partition coefficient (Wildman–Crippen LogP) is 3.18. The van der Waals surface area contributed by atoms with Crippen LogP contribution in [0.2, 0.25) is 5.02 Å². The maximum Gasteiger partial charge on any atom is 0.223 e. The van der Waals surface area contributed by atoms with Crippen molar-refractivity contribution in [2.75, 3.05) is 13.1 Å². The van der Waals surface area contributed by atoms with Gasteiger partial charge in [0.25, 0.3) is 0 Å². The number of rotatable bonds is 5. The molecule has 29 heavy (non-hydrogen) atoms. The maximum atomic E-state index is 13.2. The van der Waals surface area contributed by atoms with Crippen molar-refractivity contribution < 1.29 is 9.90 Å². The van der Waals surface area contributed by atoms with E-state index in [9.17, 15) is 9.90 Å². The number of tetrazole rings is 1. The Morgan fingerprint density at radius 2 is 1.76 bits per heavy atom. The molecule has 0 atom stereocenters. The van der Waals surface area contributed by atoms with Crippen LogP contribution in [-0.2, 0) is 16.9 Å². The zero-order valence-corrected chi connectivity index (χ0v) is 17.4. The maximum absolute atomic E-state index is 13.2. The number of piperidine rings is 1. The van der Waals surface area contributed by atoms with Gasteiger partial charge in [-0.2, -0.15) is 0 Å². The minimum Gasteiger partial charge on any atom is -0.385 e. The average Bonchev–Trinajstić information content (AvgIpc) is 3.22. The van der Waals surface area contributed by atoms with Gasteiger partial charge in [-0.25, -0.2) is 4.68 Å². The lowest BCUT2D eigenvalue weighted by atomic mass is 9.71. The van der Waals surface area contributed by atoms with Crippen LogP contribution in [0.3, 0.4) is 0 Å². The van der Waals surface area contributed by atoms with E-state index in [2.05, 4.69) is 15.5 Å². The Bertz CT molecular complexity index is 810. The summed E-state index contributed by atoms with van der Waals surface area (Å²) in [5.74, 6) is 0.179. The van der Waals surface area contributed by atoms with Gasteiger partial charge in [0, 0.05) is 24.5 Å². The molecule has 8 heteroatoms. The number of carbonyl (C=O) groups excluding carboxylic acids is 1. The molecule has 2 aromatic rings. The Kier molecular flexibility index (Phi) is 5.88. The number of amides is 1. The second-order valence-corrected chi connectivity index (χ2v) is 9.10. The molecule has 1 saturated carbocycles. The van der Waals surface area contributed by atoms with Crippen molar-refractivity contribution >= 4 is 17.5 Å². The number of nitrogens with zero attached hydrogens (tertiary/aromatic N) is 5. The van der Waals surface area contributed by atoms with E-state index in [4.69, 9.17) is 11.6 Å². The first-order chi connectivity index (χ1) is 14.0. The molecule has 1 N–H and O–H groups in total. The molecule has 1 saturated heterocycles. The number of halogens is 1. The lowest BCUT2D eigenvalue weighted by Gasteiger charge is -2.41. The molecule has 0 bridgehead atoms. The molecule has 2 fully saturated rings. The van der Waals surface area contributed by atoms with Gasteiger partial charge in [-0.15, -0.1) is 5.10 Å². The molecular weight excluding hydrogens is 390 g/mol. The monoisotopic (exact) mass is 417 g/mol. The van der Waals surface area contributed by atoms with E-state index in [1.807, 2.05) is 17.0 Å². The van der Waals surface area contributed by atoms with Gasteiger partial charge in [0.05, 0.1) is 12.1 Å². The minimum atomic E-state index is -0.893. The van der Waals surface area contributed by atoms with E-state index >= 15 is 0 Å². The summed E-state index contributed by atoms with van der Waals surface area (Å²) in [6.07, 6.45) is 8.81. The van der Waals surface area contributed by atoms with Crippen LogP contribution >= 0.6 is 11.6 Å². The Hall–Kier alpha value is -1.99. The van der Waals surface area contributed by atoms with Crippen LogP contribution in [0.1, 0.15) is 56.9 Å². The van der Waals surface area contributed by atoms with E-state index in [0.717, 1.165) is 31.2 Å². The average molecular weight is 418 g/mol. The lowest BCUT2D eigenvalue weighted by Crippen LogP contribution is -2.47. The molecule has 1 amide bonds. The van der Waals surface area contributed by atoms with E-state index < -0.39 is 5.60 Å². The van der Waals surface area contributed by atoms with Crippen molar-refractivity contribution in [2.24, 2.45) is 5.41 Å². The van der Waals surface area contributed by atoms with Gasteiger partial charge in [-0.05, 0) is 59.2 Å². The smallest absolute Gasteiger partial charge is 0.223 e. The summed E-state index contributed by atoms with van der Waals surface area (Å²) in [4.78, 5) is 15.1. The summed E-state index contributed by atoms with van der Waals surface area (Å²) in [6, 6.07) is 7.36. The number of hydrogen-bond acceptors (Lipinski definition) is 5. The molecule has 2 heterocycles. The summed E-state index contributed by atoms with van der Waals surface area (Å²) in [5, 5.41) is 23.2. The first-order valence-corrected chi connectivity index (χ1v) is 10.8. The molecule has 0 radical (unpaired) electrons. The second-order valence-electron chi connectivity index (χ2n) is 8.66. The van der Waals surface area contributed by atoms with E-state index in [1.165, 1.54) is 6.42 Å². The van der Waals surface area contributed by atoms with Crippen LogP contribution in [0, 0.1) is 5.41 Å². The normalized spacial score (nSPS) is 21.1. The number of aromatic nitrogens is 4. The standard InChI is InChI=1S/C21H28ClN5O2/c22-18-6-4-17(5-7-18)21(29)10-12-26(13-11-21)19(28)14-20(8-2-1-3-9-20)15-27-16-23-24-25-27/h4-7,16,29H,1-3,8-15H2. The molecule has 0 spiro atoms. The highest BCUT2D eigenvalue weighted by molar-refractivity contribution is 6.30. The molecule has 7 nitrogen and oxygen atoms in total. The first-order valence-electron chi connectivity index (χ1n) is 10.5. The van der Waals surface area contributed by atoms with E-state index in [0.29, 0.717) is 43.9 Å². The largest absolute Gasteiger partial charge is 0.385 e. The molecule has 2 aliphatic rings. The second kappa shape index (κ2) is 8.40. The van der Waals surface area contributed by atoms with Gasteiger partial charge in [0.15, 0.2) is 0 Å². The molecular formula is C21H28ClN5O2. The van der Waals surface area contributed by atoms with E-state index in [1.54, 1.807) is 23.1 Å². The van der Waals surface area contributed by atoms with Crippen LogP contribution in [0.15, 0.2) is 30.6 Å². The quantitative estimate of drug-likeness (QED) is 0.807. The number of aliphatic hydroxyl groups is 1. The minimum absolute atomic E-state index is 0.0748. The third-order valence-electron chi connectivity index (χ3n) is 6.65. The number of likely N-dealkylation sites (tertiary alicyclic amines) is 1. The highest BCUT2D eigenvalue weighted by atomic mass is 35.5. The van der Waals surface area contributed by atoms with Crippen LogP contribution in [-0.4, -0.2) is 49.2 Å². The van der Waals surface area contributed by atoms with Crippen molar-refractivity contribution in [3.8, 4) is 0 Å². The van der Waals surface area contributed by atoms with Gasteiger partial charge in [-0.3, -0.25) is 4.79 Å². The van der Waals surface area contributed by atoms with Crippen molar-refractivity contribution in [3.05, 3.63) is 41.2 Å². The van der Waals surface area contributed by atoms with Crippen molar-refractivity contribution in [3.63, 3.8) is 0 Å².